The number of rotatable bonds is 4. The average Bonchev–Trinajstić information content (AvgIpc) is 3.09. The molecule has 0 N–H and O–H groups in total. The topological polar surface area (TPSA) is 63.7 Å². The van der Waals surface area contributed by atoms with Crippen LogP contribution in [0.3, 0.4) is 0 Å². The molecular weight excluding hydrogens is 464 g/mol. The molecule has 0 bridgehead atoms. The molecular formula is C20H17F6NO4S. The molecule has 1 unspecified atom stereocenters. The van der Waals surface area contributed by atoms with Gasteiger partial charge in [-0.15, -0.1) is 0 Å². The second-order valence-corrected chi connectivity index (χ2v) is 10.2. The normalized spacial score (nSPS) is 18.1. The molecule has 1 aliphatic heterocycles. The van der Waals surface area contributed by atoms with Crippen molar-refractivity contribution in [2.24, 2.45) is 0 Å². The van der Waals surface area contributed by atoms with Gasteiger partial charge in [0.15, 0.2) is 9.84 Å². The van der Waals surface area contributed by atoms with Crippen molar-refractivity contribution in [3.05, 3.63) is 59.7 Å². The van der Waals surface area contributed by atoms with Gasteiger partial charge < -0.3 is 4.74 Å². The fourth-order valence-corrected chi connectivity index (χ4v) is 4.80. The van der Waals surface area contributed by atoms with E-state index in [-0.39, 0.29) is 12.2 Å². The molecule has 12 heteroatoms. The number of carbonyl (C=O) groups is 1. The van der Waals surface area contributed by atoms with Gasteiger partial charge in [0.25, 0.3) is 0 Å². The van der Waals surface area contributed by atoms with Gasteiger partial charge in [0.1, 0.15) is 10.9 Å². The first-order chi connectivity index (χ1) is 14.5. The summed E-state index contributed by atoms with van der Waals surface area (Å²) < 4.78 is 107. The molecule has 1 heterocycles. The molecule has 1 saturated heterocycles. The highest BCUT2D eigenvalue weighted by atomic mass is 32.2. The number of hydrogen-bond acceptors (Lipinski definition) is 4. The third-order valence-electron chi connectivity index (χ3n) is 5.26. The molecule has 3 rings (SSSR count). The Morgan fingerprint density at radius 2 is 1.47 bits per heavy atom. The molecule has 174 valence electrons. The number of carbonyl (C=O) groups excluding carboxylic acids is 1. The van der Waals surface area contributed by atoms with Crippen LogP contribution in [-0.2, 0) is 26.9 Å². The molecule has 0 aliphatic carbocycles. The lowest BCUT2D eigenvalue weighted by Gasteiger charge is -2.29. The van der Waals surface area contributed by atoms with E-state index in [2.05, 4.69) is 0 Å². The first-order valence-corrected chi connectivity index (χ1v) is 10.6. The number of sulfone groups is 1. The molecule has 0 spiro atoms. The molecule has 0 radical (unpaired) electrons. The van der Waals surface area contributed by atoms with Crippen molar-refractivity contribution in [1.29, 1.82) is 0 Å². The Labute approximate surface area is 179 Å². The van der Waals surface area contributed by atoms with Crippen molar-refractivity contribution in [3.63, 3.8) is 0 Å². The maximum absolute atomic E-state index is 13.1. The first-order valence-electron chi connectivity index (χ1n) is 9.12. The summed E-state index contributed by atoms with van der Waals surface area (Å²) in [5.41, 5.74) is -2.03. The number of hydrogen-bond donors (Lipinski definition) is 0. The zero-order chi connectivity index (χ0) is 24.1. The van der Waals surface area contributed by atoms with Gasteiger partial charge in [0.05, 0.1) is 22.6 Å². The number of nitrogens with zero attached hydrogens (tertiary/aromatic N) is 1. The second kappa shape index (κ2) is 7.68. The van der Waals surface area contributed by atoms with Crippen molar-refractivity contribution in [3.8, 4) is 0 Å². The predicted octanol–water partition coefficient (Wildman–Crippen LogP) is 5.30. The van der Waals surface area contributed by atoms with Crippen molar-refractivity contribution in [2.45, 2.75) is 41.9 Å². The quantitative estimate of drug-likeness (QED) is 0.556. The summed E-state index contributed by atoms with van der Waals surface area (Å²) in [5.74, 6) is 0. The van der Waals surface area contributed by atoms with Gasteiger partial charge in [-0.05, 0) is 56.3 Å². The van der Waals surface area contributed by atoms with Crippen LogP contribution in [0.1, 0.15) is 25.0 Å². The Morgan fingerprint density at radius 1 is 0.906 bits per heavy atom. The Bertz CT molecular complexity index is 1120. The zero-order valence-corrected chi connectivity index (χ0v) is 17.5. The fourth-order valence-electron chi connectivity index (χ4n) is 3.18. The Morgan fingerprint density at radius 3 is 2.00 bits per heavy atom. The number of alkyl halides is 6. The molecule has 1 atom stereocenters. The van der Waals surface area contributed by atoms with Crippen LogP contribution in [0.4, 0.5) is 36.8 Å². The van der Waals surface area contributed by atoms with Gasteiger partial charge in [-0.3, -0.25) is 4.90 Å². The lowest BCUT2D eigenvalue weighted by molar-refractivity contribution is -0.138. The molecule has 32 heavy (non-hydrogen) atoms. The molecule has 0 saturated carbocycles. The van der Waals surface area contributed by atoms with E-state index in [0.717, 1.165) is 47.4 Å². The lowest BCUT2D eigenvalue weighted by Crippen LogP contribution is -2.46. The van der Waals surface area contributed by atoms with Gasteiger partial charge in [0.2, 0.25) is 0 Å². The van der Waals surface area contributed by atoms with Crippen molar-refractivity contribution >= 4 is 21.6 Å². The molecule has 1 aliphatic rings. The number of anilines is 1. The van der Waals surface area contributed by atoms with Gasteiger partial charge in [-0.2, -0.15) is 26.3 Å². The summed E-state index contributed by atoms with van der Waals surface area (Å²) in [6.07, 6.45) is -11.6. The Kier molecular flexibility index (Phi) is 5.73. The Balaban J connectivity index is 1.89. The van der Waals surface area contributed by atoms with Crippen LogP contribution in [0.2, 0.25) is 0 Å². The van der Waals surface area contributed by atoms with E-state index in [1.165, 1.54) is 13.8 Å². The van der Waals surface area contributed by atoms with Crippen LogP contribution in [0.15, 0.2) is 53.4 Å². The smallest absolute Gasteiger partial charge is 0.416 e. The van der Waals surface area contributed by atoms with E-state index in [9.17, 15) is 39.6 Å². The van der Waals surface area contributed by atoms with Crippen LogP contribution in [0, 0.1) is 0 Å². The summed E-state index contributed by atoms with van der Waals surface area (Å²) in [7, 11) is -4.41. The van der Waals surface area contributed by atoms with Crippen LogP contribution in [0.5, 0.6) is 0 Å². The molecule has 2 aromatic carbocycles. The van der Waals surface area contributed by atoms with Crippen molar-refractivity contribution in [2.75, 3.05) is 11.4 Å². The first kappa shape index (κ1) is 23.9. The monoisotopic (exact) mass is 481 g/mol. The zero-order valence-electron chi connectivity index (χ0n) is 16.7. The summed E-state index contributed by atoms with van der Waals surface area (Å²) in [6.45, 7) is 2.09. The second-order valence-electron chi connectivity index (χ2n) is 7.66. The maximum atomic E-state index is 13.1. The third-order valence-corrected chi connectivity index (χ3v) is 7.78. The van der Waals surface area contributed by atoms with Crippen LogP contribution in [-0.4, -0.2) is 31.9 Å². The fraction of sp³-hybridized carbons (Fsp3) is 0.350. The molecule has 1 fully saturated rings. The van der Waals surface area contributed by atoms with Gasteiger partial charge in [0, 0.05) is 5.69 Å². The maximum Gasteiger partial charge on any atom is 0.416 e. The molecule has 2 aromatic rings. The summed E-state index contributed by atoms with van der Waals surface area (Å²) >= 11 is 0. The minimum atomic E-state index is -4.76. The SMILES string of the molecule is CC(C)(C1CN(c2ccc(C(F)(F)F)cc2)C(=O)O1)S(=O)(=O)c1cccc(C(F)(F)F)c1. The predicted molar refractivity (Wildman–Crippen MR) is 102 cm³/mol. The van der Waals surface area contributed by atoms with E-state index >= 15 is 0 Å². The lowest BCUT2D eigenvalue weighted by atomic mass is 10.1. The number of cyclic esters (lactones) is 1. The average molecular weight is 481 g/mol. The van der Waals surface area contributed by atoms with E-state index in [1.54, 1.807) is 0 Å². The third kappa shape index (κ3) is 4.27. The number of amides is 1. The number of halogens is 6. The molecule has 0 aromatic heterocycles. The van der Waals surface area contributed by atoms with E-state index in [0.29, 0.717) is 6.07 Å². The Hall–Kier alpha value is -2.76. The minimum absolute atomic E-state index is 0.0535. The number of benzene rings is 2. The van der Waals surface area contributed by atoms with Crippen LogP contribution < -0.4 is 4.90 Å². The minimum Gasteiger partial charge on any atom is -0.442 e. The summed E-state index contributed by atoms with van der Waals surface area (Å²) in [6, 6.07) is 6.82. The van der Waals surface area contributed by atoms with E-state index in [1.807, 2.05) is 0 Å². The van der Waals surface area contributed by atoms with E-state index < -0.39 is 55.2 Å². The number of ether oxygens (including phenoxy) is 1. The largest absolute Gasteiger partial charge is 0.442 e. The standard InChI is InChI=1S/C20H17F6NO4S/c1-18(2,32(29,30)15-5-3-4-13(10-15)20(24,25)26)16-11-27(17(28)31-16)14-8-6-12(7-9-14)19(21,22)23/h3-10,16H,11H2,1-2H3. The van der Waals surface area contributed by atoms with Gasteiger partial charge in [-0.1, -0.05) is 6.07 Å². The van der Waals surface area contributed by atoms with E-state index in [4.69, 9.17) is 4.74 Å². The molecule has 1 amide bonds. The van der Waals surface area contributed by atoms with Crippen molar-refractivity contribution < 1.29 is 44.3 Å². The van der Waals surface area contributed by atoms with Crippen LogP contribution in [0.25, 0.3) is 0 Å². The summed E-state index contributed by atoms with van der Waals surface area (Å²) in [5, 5.41) is 0. The van der Waals surface area contributed by atoms with Gasteiger partial charge >= 0.3 is 18.4 Å². The highest BCUT2D eigenvalue weighted by Crippen LogP contribution is 2.38. The van der Waals surface area contributed by atoms with Crippen molar-refractivity contribution in [1.82, 2.24) is 0 Å². The highest BCUT2D eigenvalue weighted by Gasteiger charge is 2.50. The summed E-state index contributed by atoms with van der Waals surface area (Å²) in [4.78, 5) is 12.7. The van der Waals surface area contributed by atoms with Crippen LogP contribution >= 0.6 is 0 Å². The highest BCUT2D eigenvalue weighted by molar-refractivity contribution is 7.92. The van der Waals surface area contributed by atoms with Gasteiger partial charge in [-0.25, -0.2) is 13.2 Å². The molecule has 5 nitrogen and oxygen atoms in total.